The van der Waals surface area contributed by atoms with Crippen molar-refractivity contribution in [3.05, 3.63) is 65.7 Å². The van der Waals surface area contributed by atoms with Crippen LogP contribution in [-0.4, -0.2) is 24.9 Å². The topological polar surface area (TPSA) is 59.0 Å². The molecule has 2 aromatic rings. The largest absolute Gasteiger partial charge is 0.493 e. The molecule has 1 N–H and O–H groups in total. The van der Waals surface area contributed by atoms with Crippen molar-refractivity contribution >= 4 is 11.7 Å². The van der Waals surface area contributed by atoms with E-state index >= 15 is 0 Å². The summed E-state index contributed by atoms with van der Waals surface area (Å²) in [5.74, 6) is 0.699. The lowest BCUT2D eigenvalue weighted by Crippen LogP contribution is -2.32. The van der Waals surface area contributed by atoms with E-state index in [1.165, 1.54) is 0 Å². The average Bonchev–Trinajstić information content (AvgIpc) is 2.61. The number of anilines is 1. The van der Waals surface area contributed by atoms with E-state index in [2.05, 4.69) is 17.5 Å². The molecule has 0 spiro atoms. The van der Waals surface area contributed by atoms with Gasteiger partial charge in [-0.05, 0) is 41.8 Å². The molecule has 0 radical (unpaired) electrons. The summed E-state index contributed by atoms with van der Waals surface area (Å²) in [6, 6.07) is 11.6. The number of nitrogens with zero attached hydrogens (tertiary/aromatic N) is 1. The Labute approximate surface area is 147 Å². The van der Waals surface area contributed by atoms with Crippen LogP contribution in [0.1, 0.15) is 16.7 Å². The van der Waals surface area contributed by atoms with Crippen molar-refractivity contribution in [1.29, 1.82) is 0 Å². The summed E-state index contributed by atoms with van der Waals surface area (Å²) in [5, 5.41) is 8.86. The van der Waals surface area contributed by atoms with Gasteiger partial charge in [-0.25, -0.2) is 0 Å². The highest BCUT2D eigenvalue weighted by molar-refractivity contribution is 5.70. The minimum Gasteiger partial charge on any atom is -0.493 e. The Hall–Kier alpha value is -2.95. The third kappa shape index (κ3) is 3.76. The maximum absolute atomic E-state index is 10.8. The van der Waals surface area contributed by atoms with Gasteiger partial charge in [-0.3, -0.25) is 4.79 Å². The second kappa shape index (κ2) is 7.30. The van der Waals surface area contributed by atoms with Crippen molar-refractivity contribution in [3.63, 3.8) is 0 Å². The Balaban J connectivity index is 1.83. The average molecular weight is 339 g/mol. The number of carbonyl (C=O) groups is 1. The van der Waals surface area contributed by atoms with Crippen molar-refractivity contribution in [2.24, 2.45) is 0 Å². The number of carboxylic acids is 1. The van der Waals surface area contributed by atoms with Crippen LogP contribution in [-0.2, 0) is 24.2 Å². The van der Waals surface area contributed by atoms with Crippen molar-refractivity contribution in [2.45, 2.75) is 19.4 Å². The van der Waals surface area contributed by atoms with Crippen molar-refractivity contribution in [2.75, 3.05) is 18.7 Å². The summed E-state index contributed by atoms with van der Waals surface area (Å²) in [4.78, 5) is 12.9. The summed E-state index contributed by atoms with van der Waals surface area (Å²) in [6.07, 6.45) is 2.67. The number of carboxylic acid groups (broad SMARTS) is 1. The first-order chi connectivity index (χ1) is 12.1. The van der Waals surface area contributed by atoms with E-state index in [0.29, 0.717) is 13.3 Å². The molecule has 5 nitrogen and oxygen atoms in total. The maximum atomic E-state index is 10.8. The lowest BCUT2D eigenvalue weighted by molar-refractivity contribution is -0.136. The van der Waals surface area contributed by atoms with Crippen LogP contribution in [0.5, 0.6) is 11.5 Å². The van der Waals surface area contributed by atoms with Gasteiger partial charge in [0.2, 0.25) is 0 Å². The smallest absolute Gasteiger partial charge is 0.307 e. The van der Waals surface area contributed by atoms with Gasteiger partial charge in [0.05, 0.1) is 13.5 Å². The molecule has 0 aromatic heterocycles. The monoisotopic (exact) mass is 339 g/mol. The molecule has 0 saturated carbocycles. The number of aliphatic carboxylic acids is 1. The summed E-state index contributed by atoms with van der Waals surface area (Å²) in [5.41, 5.74) is 3.97. The van der Waals surface area contributed by atoms with Gasteiger partial charge in [-0.15, -0.1) is 6.58 Å². The Bertz CT molecular complexity index is 783. The number of methoxy groups -OCH3 is 1. The van der Waals surface area contributed by atoms with Crippen molar-refractivity contribution in [3.8, 4) is 11.5 Å². The molecular weight excluding hydrogens is 318 g/mol. The lowest BCUT2D eigenvalue weighted by Gasteiger charge is -2.32. The van der Waals surface area contributed by atoms with Crippen molar-refractivity contribution in [1.82, 2.24) is 0 Å². The molecule has 0 atom stereocenters. The number of benzene rings is 2. The van der Waals surface area contributed by atoms with Gasteiger partial charge in [0.1, 0.15) is 0 Å². The quantitative estimate of drug-likeness (QED) is 0.817. The number of rotatable bonds is 6. The normalized spacial score (nSPS) is 12.9. The lowest BCUT2D eigenvalue weighted by atomic mass is 10.0. The zero-order valence-electron chi connectivity index (χ0n) is 14.2. The predicted octanol–water partition coefficient (Wildman–Crippen LogP) is 3.41. The summed E-state index contributed by atoms with van der Waals surface area (Å²) < 4.78 is 11.4. The summed E-state index contributed by atoms with van der Waals surface area (Å²) in [6.45, 7) is 4.91. The van der Waals surface area contributed by atoms with Crippen LogP contribution >= 0.6 is 0 Å². The zero-order chi connectivity index (χ0) is 17.8. The fraction of sp³-hybridized carbons (Fsp3) is 0.250. The van der Waals surface area contributed by atoms with Gasteiger partial charge < -0.3 is 19.5 Å². The molecule has 0 amide bonds. The predicted molar refractivity (Wildman–Crippen MR) is 96.4 cm³/mol. The molecule has 0 bridgehead atoms. The van der Waals surface area contributed by atoms with E-state index < -0.39 is 5.97 Å². The molecule has 0 saturated heterocycles. The number of hydrogen-bond acceptors (Lipinski definition) is 4. The first-order valence-corrected chi connectivity index (χ1v) is 8.10. The van der Waals surface area contributed by atoms with Gasteiger partial charge in [0.15, 0.2) is 18.2 Å². The van der Waals surface area contributed by atoms with Crippen LogP contribution in [0.4, 0.5) is 5.69 Å². The Kier molecular flexibility index (Phi) is 4.93. The molecule has 1 heterocycles. The Morgan fingerprint density at radius 2 is 2.08 bits per heavy atom. The van der Waals surface area contributed by atoms with Gasteiger partial charge >= 0.3 is 5.97 Å². The molecule has 1 aliphatic heterocycles. The maximum Gasteiger partial charge on any atom is 0.307 e. The second-order valence-electron chi connectivity index (χ2n) is 5.99. The number of hydrogen-bond donors (Lipinski definition) is 1. The zero-order valence-corrected chi connectivity index (χ0v) is 14.2. The molecule has 25 heavy (non-hydrogen) atoms. The molecule has 5 heteroatoms. The van der Waals surface area contributed by atoms with Gasteiger partial charge in [-0.1, -0.05) is 18.2 Å². The van der Waals surface area contributed by atoms with E-state index in [1.807, 2.05) is 36.4 Å². The fourth-order valence-electron chi connectivity index (χ4n) is 3.00. The van der Waals surface area contributed by atoms with E-state index in [9.17, 15) is 4.79 Å². The highest BCUT2D eigenvalue weighted by atomic mass is 16.5. The first-order valence-electron chi connectivity index (χ1n) is 8.10. The third-order valence-corrected chi connectivity index (χ3v) is 4.17. The molecule has 0 aliphatic carbocycles. The second-order valence-corrected chi connectivity index (χ2v) is 5.99. The number of allylic oxidation sites excluding steroid dienone is 1. The molecule has 0 unspecified atom stereocenters. The fourth-order valence-corrected chi connectivity index (χ4v) is 3.00. The SMILES string of the molecule is C=CCc1cc2c(c(OC)c1)OCN(c1ccc(CC(=O)O)cc1)C2. The summed E-state index contributed by atoms with van der Waals surface area (Å²) in [7, 11) is 1.64. The standard InChI is InChI=1S/C20H21NO4/c1-3-4-15-9-16-12-21(13-25-20(16)18(10-15)24-2)17-7-5-14(6-8-17)11-19(22)23/h3,5-10H,1,4,11-13H2,2H3,(H,22,23). The third-order valence-electron chi connectivity index (χ3n) is 4.17. The molecular formula is C20H21NO4. The first kappa shape index (κ1) is 16.9. The van der Waals surface area contributed by atoms with Crippen LogP contribution in [0.2, 0.25) is 0 Å². The molecule has 130 valence electrons. The van der Waals surface area contributed by atoms with Crippen LogP contribution in [0, 0.1) is 0 Å². The van der Waals surface area contributed by atoms with Crippen LogP contribution in [0.3, 0.4) is 0 Å². The van der Waals surface area contributed by atoms with Crippen LogP contribution in [0.25, 0.3) is 0 Å². The van der Waals surface area contributed by atoms with E-state index in [0.717, 1.165) is 40.3 Å². The summed E-state index contributed by atoms with van der Waals surface area (Å²) >= 11 is 0. The van der Waals surface area contributed by atoms with Gasteiger partial charge in [-0.2, -0.15) is 0 Å². The molecule has 1 aliphatic rings. The molecule has 2 aromatic carbocycles. The van der Waals surface area contributed by atoms with Crippen LogP contribution < -0.4 is 14.4 Å². The van der Waals surface area contributed by atoms with E-state index in [1.54, 1.807) is 7.11 Å². The van der Waals surface area contributed by atoms with Gasteiger partial charge in [0.25, 0.3) is 0 Å². The Morgan fingerprint density at radius 3 is 2.72 bits per heavy atom. The minimum atomic E-state index is -0.829. The minimum absolute atomic E-state index is 0.0295. The molecule has 3 rings (SSSR count). The number of fused-ring (bicyclic) bond motifs is 1. The van der Waals surface area contributed by atoms with Crippen molar-refractivity contribution < 1.29 is 19.4 Å². The number of ether oxygens (including phenoxy) is 2. The molecule has 0 fully saturated rings. The van der Waals surface area contributed by atoms with E-state index in [-0.39, 0.29) is 6.42 Å². The highest BCUT2D eigenvalue weighted by Gasteiger charge is 2.22. The van der Waals surface area contributed by atoms with Gasteiger partial charge in [0, 0.05) is 17.8 Å². The highest BCUT2D eigenvalue weighted by Crippen LogP contribution is 2.37. The Morgan fingerprint density at radius 1 is 1.32 bits per heavy atom. The van der Waals surface area contributed by atoms with E-state index in [4.69, 9.17) is 14.6 Å². The van der Waals surface area contributed by atoms with Crippen LogP contribution in [0.15, 0.2) is 49.1 Å².